The normalized spacial score (nSPS) is 25.2. The van der Waals surface area contributed by atoms with Crippen molar-refractivity contribution in [1.82, 2.24) is 0 Å². The third kappa shape index (κ3) is 2.64. The summed E-state index contributed by atoms with van der Waals surface area (Å²) in [5.41, 5.74) is 1.14. The second-order valence-corrected chi connectivity index (χ2v) is 7.47. The predicted molar refractivity (Wildman–Crippen MR) is 87.1 cm³/mol. The van der Waals surface area contributed by atoms with Crippen molar-refractivity contribution < 1.29 is 5.11 Å². The fraction of sp³-hybridized carbons (Fsp3) is 0.556. The van der Waals surface area contributed by atoms with Crippen LogP contribution >= 0.6 is 11.3 Å². The van der Waals surface area contributed by atoms with Crippen molar-refractivity contribution in [3.8, 4) is 0 Å². The van der Waals surface area contributed by atoms with Crippen LogP contribution in [0.5, 0.6) is 0 Å². The van der Waals surface area contributed by atoms with Crippen molar-refractivity contribution in [2.75, 3.05) is 0 Å². The minimum absolute atomic E-state index is 0.287. The Hall–Kier alpha value is -0.860. The third-order valence-corrected chi connectivity index (χ3v) is 6.01. The molecule has 1 aliphatic rings. The number of thiophene rings is 1. The van der Waals surface area contributed by atoms with Gasteiger partial charge < -0.3 is 5.11 Å². The summed E-state index contributed by atoms with van der Waals surface area (Å²) in [4.78, 5) is 0. The summed E-state index contributed by atoms with van der Waals surface area (Å²) in [5, 5.41) is 14.2. The van der Waals surface area contributed by atoms with E-state index in [0.29, 0.717) is 5.92 Å². The van der Waals surface area contributed by atoms with E-state index in [4.69, 9.17) is 0 Å². The topological polar surface area (TPSA) is 20.2 Å². The molecule has 1 saturated carbocycles. The van der Waals surface area contributed by atoms with Gasteiger partial charge in [0.1, 0.15) is 0 Å². The van der Waals surface area contributed by atoms with Gasteiger partial charge in [-0.2, -0.15) is 0 Å². The molecule has 2 aromatic rings. The molecular weight excluding hydrogens is 264 g/mol. The highest BCUT2D eigenvalue weighted by Crippen LogP contribution is 2.41. The molecule has 1 heterocycles. The first-order valence-corrected chi connectivity index (χ1v) is 8.69. The number of hydrogen-bond acceptors (Lipinski definition) is 2. The van der Waals surface area contributed by atoms with Gasteiger partial charge >= 0.3 is 0 Å². The summed E-state index contributed by atoms with van der Waals surface area (Å²) in [6.07, 6.45) is 4.61. The van der Waals surface area contributed by atoms with Gasteiger partial charge in [-0.05, 0) is 65.8 Å². The number of aliphatic hydroxyl groups excluding tert-OH is 1. The standard InChI is InChI=1S/C18H24OS/c1-12(2)13-6-8-14(9-7-13)17(19)16-5-3-4-15-10-11-20-18(15)16/h3-5,10-14,17,19H,6-9H2,1-2H3. The maximum atomic E-state index is 10.8. The number of fused-ring (bicyclic) bond motifs is 1. The summed E-state index contributed by atoms with van der Waals surface area (Å²) < 4.78 is 1.27. The van der Waals surface area contributed by atoms with E-state index < -0.39 is 0 Å². The number of rotatable bonds is 3. The Kier molecular flexibility index (Phi) is 4.13. The van der Waals surface area contributed by atoms with Gasteiger partial charge in [0.25, 0.3) is 0 Å². The van der Waals surface area contributed by atoms with E-state index in [1.165, 1.54) is 35.8 Å². The van der Waals surface area contributed by atoms with Crippen molar-refractivity contribution in [2.45, 2.75) is 45.6 Å². The van der Waals surface area contributed by atoms with Gasteiger partial charge in [-0.15, -0.1) is 11.3 Å². The third-order valence-electron chi connectivity index (χ3n) is 5.03. The zero-order valence-electron chi connectivity index (χ0n) is 12.4. The zero-order valence-corrected chi connectivity index (χ0v) is 13.2. The molecule has 1 nitrogen and oxygen atoms in total. The summed E-state index contributed by atoms with van der Waals surface area (Å²) in [6.45, 7) is 4.65. The van der Waals surface area contributed by atoms with Gasteiger partial charge in [0.2, 0.25) is 0 Å². The highest BCUT2D eigenvalue weighted by molar-refractivity contribution is 7.17. The van der Waals surface area contributed by atoms with Crippen LogP contribution in [0.3, 0.4) is 0 Å². The molecule has 0 aliphatic heterocycles. The molecule has 108 valence electrons. The van der Waals surface area contributed by atoms with Crippen LogP contribution in [0.15, 0.2) is 29.6 Å². The second-order valence-electron chi connectivity index (χ2n) is 6.55. The van der Waals surface area contributed by atoms with Gasteiger partial charge in [-0.3, -0.25) is 0 Å². The minimum Gasteiger partial charge on any atom is -0.388 e. The quantitative estimate of drug-likeness (QED) is 0.802. The highest BCUT2D eigenvalue weighted by Gasteiger charge is 2.29. The Balaban J connectivity index is 1.76. The smallest absolute Gasteiger partial charge is 0.0832 e. The maximum Gasteiger partial charge on any atom is 0.0832 e. The lowest BCUT2D eigenvalue weighted by molar-refractivity contribution is 0.0680. The summed E-state index contributed by atoms with van der Waals surface area (Å²) in [5.74, 6) is 2.09. The Morgan fingerprint density at radius 2 is 1.75 bits per heavy atom. The maximum absolute atomic E-state index is 10.8. The van der Waals surface area contributed by atoms with Gasteiger partial charge in [-0.25, -0.2) is 0 Å². The fourth-order valence-corrected chi connectivity index (χ4v) is 4.58. The van der Waals surface area contributed by atoms with Crippen molar-refractivity contribution in [3.05, 3.63) is 35.2 Å². The molecule has 1 fully saturated rings. The lowest BCUT2D eigenvalue weighted by atomic mass is 9.74. The van der Waals surface area contributed by atoms with Crippen molar-refractivity contribution in [2.24, 2.45) is 17.8 Å². The van der Waals surface area contributed by atoms with E-state index in [2.05, 4.69) is 43.5 Å². The first-order chi connectivity index (χ1) is 9.66. The van der Waals surface area contributed by atoms with E-state index in [1.807, 2.05) is 0 Å². The van der Waals surface area contributed by atoms with Crippen molar-refractivity contribution in [1.29, 1.82) is 0 Å². The molecule has 0 spiro atoms. The lowest BCUT2D eigenvalue weighted by Gasteiger charge is -2.33. The molecule has 3 rings (SSSR count). The minimum atomic E-state index is -0.287. The van der Waals surface area contributed by atoms with Crippen LogP contribution in [0.1, 0.15) is 51.2 Å². The zero-order chi connectivity index (χ0) is 14.1. The molecule has 1 unspecified atom stereocenters. The van der Waals surface area contributed by atoms with E-state index in [9.17, 15) is 5.11 Å². The molecule has 0 saturated heterocycles. The van der Waals surface area contributed by atoms with Crippen LogP contribution in [0.2, 0.25) is 0 Å². The van der Waals surface area contributed by atoms with Crippen LogP contribution in [0, 0.1) is 17.8 Å². The Morgan fingerprint density at radius 3 is 2.45 bits per heavy atom. The summed E-state index contributed by atoms with van der Waals surface area (Å²) in [7, 11) is 0. The van der Waals surface area contributed by atoms with E-state index in [-0.39, 0.29) is 6.10 Å². The summed E-state index contributed by atoms with van der Waals surface area (Å²) in [6, 6.07) is 8.47. The van der Waals surface area contributed by atoms with Crippen LogP contribution in [0.25, 0.3) is 10.1 Å². The average molecular weight is 288 g/mol. The number of benzene rings is 1. The van der Waals surface area contributed by atoms with Crippen LogP contribution < -0.4 is 0 Å². The molecular formula is C18H24OS. The van der Waals surface area contributed by atoms with Crippen molar-refractivity contribution >= 4 is 21.4 Å². The van der Waals surface area contributed by atoms with Gasteiger partial charge in [0, 0.05) is 4.70 Å². The van der Waals surface area contributed by atoms with Gasteiger partial charge in [0.05, 0.1) is 6.10 Å². The molecule has 1 N–H and O–H groups in total. The second kappa shape index (κ2) is 5.87. The Morgan fingerprint density at radius 1 is 1.05 bits per heavy atom. The van der Waals surface area contributed by atoms with E-state index in [1.54, 1.807) is 11.3 Å². The van der Waals surface area contributed by atoms with Gasteiger partial charge in [0.15, 0.2) is 0 Å². The SMILES string of the molecule is CC(C)C1CCC(C(O)c2cccc3ccsc23)CC1. The average Bonchev–Trinajstić information content (AvgIpc) is 2.95. The van der Waals surface area contributed by atoms with E-state index >= 15 is 0 Å². The molecule has 1 atom stereocenters. The molecule has 0 amide bonds. The Bertz CT molecular complexity index is 564. The predicted octanol–water partition coefficient (Wildman–Crippen LogP) is 5.40. The molecule has 1 aliphatic carbocycles. The lowest BCUT2D eigenvalue weighted by Crippen LogP contribution is -2.23. The number of hydrogen-bond donors (Lipinski definition) is 1. The monoisotopic (exact) mass is 288 g/mol. The molecule has 1 aromatic heterocycles. The first-order valence-electron chi connectivity index (χ1n) is 7.81. The molecule has 0 bridgehead atoms. The molecule has 20 heavy (non-hydrogen) atoms. The van der Waals surface area contributed by atoms with Crippen LogP contribution in [0.4, 0.5) is 0 Å². The Labute approximate surface area is 125 Å². The number of aliphatic hydroxyl groups is 1. The fourth-order valence-electron chi connectivity index (χ4n) is 3.63. The highest BCUT2D eigenvalue weighted by atomic mass is 32.1. The molecule has 0 radical (unpaired) electrons. The largest absolute Gasteiger partial charge is 0.388 e. The van der Waals surface area contributed by atoms with Crippen molar-refractivity contribution in [3.63, 3.8) is 0 Å². The van der Waals surface area contributed by atoms with Gasteiger partial charge in [-0.1, -0.05) is 32.0 Å². The summed E-state index contributed by atoms with van der Waals surface area (Å²) >= 11 is 1.75. The van der Waals surface area contributed by atoms with E-state index in [0.717, 1.165) is 17.4 Å². The first kappa shape index (κ1) is 14.1. The van der Waals surface area contributed by atoms with Crippen LogP contribution in [-0.4, -0.2) is 5.11 Å². The molecule has 2 heteroatoms. The molecule has 1 aromatic carbocycles. The van der Waals surface area contributed by atoms with Crippen LogP contribution in [-0.2, 0) is 0 Å².